The second-order valence-electron chi connectivity index (χ2n) is 4.86. The third-order valence-electron chi connectivity index (χ3n) is 3.43. The summed E-state index contributed by atoms with van der Waals surface area (Å²) in [7, 11) is 0. The number of hydrogen-bond donors (Lipinski definition) is 4. The summed E-state index contributed by atoms with van der Waals surface area (Å²) < 4.78 is 0. The smallest absolute Gasteiger partial charge is 0.124 e. The molecule has 0 spiro atoms. The number of hydrogen-bond acceptors (Lipinski definition) is 3. The van der Waals surface area contributed by atoms with Crippen LogP contribution < -0.4 is 5.32 Å². The molecule has 0 saturated carbocycles. The number of fused-ring (bicyclic) bond motifs is 1. The molecular weight excluding hydrogens is 252 g/mol. The topological polar surface area (TPSA) is 68.3 Å². The first-order valence-corrected chi connectivity index (χ1v) is 6.49. The van der Waals surface area contributed by atoms with Gasteiger partial charge in [-0.3, -0.25) is 0 Å². The Hall–Kier alpha value is -2.62. The average molecular weight is 268 g/mol. The standard InChI is InChI=1S/C16H16N2O2/c1-10(16-14(19)3-2-4-15(16)20)18-12-5-6-13-11(9-12)7-8-17-13/h2-10,17-20H,1H3. The minimum Gasteiger partial charge on any atom is -0.507 e. The van der Waals surface area contributed by atoms with Crippen molar-refractivity contribution >= 4 is 16.6 Å². The van der Waals surface area contributed by atoms with Gasteiger partial charge in [0.2, 0.25) is 0 Å². The van der Waals surface area contributed by atoms with Crippen LogP contribution in [-0.4, -0.2) is 15.2 Å². The van der Waals surface area contributed by atoms with E-state index in [9.17, 15) is 10.2 Å². The Balaban J connectivity index is 1.90. The van der Waals surface area contributed by atoms with Crippen molar-refractivity contribution in [3.63, 3.8) is 0 Å². The number of phenolic OH excluding ortho intramolecular Hbond substituents is 2. The van der Waals surface area contributed by atoms with Gasteiger partial charge in [-0.15, -0.1) is 0 Å². The van der Waals surface area contributed by atoms with Crippen LogP contribution in [0.1, 0.15) is 18.5 Å². The highest BCUT2D eigenvalue weighted by Gasteiger charge is 2.14. The van der Waals surface area contributed by atoms with Crippen molar-refractivity contribution in [1.29, 1.82) is 0 Å². The second kappa shape index (κ2) is 4.81. The molecule has 0 aliphatic rings. The van der Waals surface area contributed by atoms with Crippen LogP contribution in [0.5, 0.6) is 11.5 Å². The molecule has 20 heavy (non-hydrogen) atoms. The van der Waals surface area contributed by atoms with Gasteiger partial charge in [-0.2, -0.15) is 0 Å². The van der Waals surface area contributed by atoms with Crippen LogP contribution in [0.25, 0.3) is 10.9 Å². The molecule has 0 radical (unpaired) electrons. The highest BCUT2D eigenvalue weighted by Crippen LogP contribution is 2.34. The van der Waals surface area contributed by atoms with E-state index in [1.165, 1.54) is 0 Å². The minimum absolute atomic E-state index is 0.0905. The molecule has 0 fully saturated rings. The van der Waals surface area contributed by atoms with Crippen molar-refractivity contribution in [1.82, 2.24) is 4.98 Å². The number of aromatic nitrogens is 1. The summed E-state index contributed by atoms with van der Waals surface area (Å²) in [6.07, 6.45) is 1.90. The largest absolute Gasteiger partial charge is 0.507 e. The predicted molar refractivity (Wildman–Crippen MR) is 80.1 cm³/mol. The van der Waals surface area contributed by atoms with E-state index in [-0.39, 0.29) is 17.5 Å². The molecule has 4 nitrogen and oxygen atoms in total. The van der Waals surface area contributed by atoms with Crippen molar-refractivity contribution in [2.24, 2.45) is 0 Å². The van der Waals surface area contributed by atoms with E-state index < -0.39 is 0 Å². The third kappa shape index (κ3) is 2.16. The maximum absolute atomic E-state index is 9.87. The average Bonchev–Trinajstić information content (AvgIpc) is 2.85. The number of aromatic amines is 1. The lowest BCUT2D eigenvalue weighted by atomic mass is 10.1. The molecule has 1 unspecified atom stereocenters. The zero-order chi connectivity index (χ0) is 14.1. The molecule has 0 bridgehead atoms. The lowest BCUT2D eigenvalue weighted by molar-refractivity contribution is 0.434. The number of aromatic hydroxyl groups is 2. The van der Waals surface area contributed by atoms with Crippen molar-refractivity contribution in [3.8, 4) is 11.5 Å². The van der Waals surface area contributed by atoms with Gasteiger partial charge in [0.25, 0.3) is 0 Å². The SMILES string of the molecule is CC(Nc1ccc2[nH]ccc2c1)c1c(O)cccc1O. The minimum atomic E-state index is -0.201. The van der Waals surface area contributed by atoms with E-state index in [0.29, 0.717) is 5.56 Å². The van der Waals surface area contributed by atoms with Gasteiger partial charge in [0.15, 0.2) is 0 Å². The first-order chi connectivity index (χ1) is 9.65. The first kappa shape index (κ1) is 12.4. The van der Waals surface area contributed by atoms with E-state index in [1.54, 1.807) is 18.2 Å². The molecule has 0 aliphatic carbocycles. The van der Waals surface area contributed by atoms with Gasteiger partial charge in [0.05, 0.1) is 11.6 Å². The molecule has 4 N–H and O–H groups in total. The van der Waals surface area contributed by atoms with Gasteiger partial charge in [0, 0.05) is 22.8 Å². The lowest BCUT2D eigenvalue weighted by Crippen LogP contribution is -2.07. The summed E-state index contributed by atoms with van der Waals surface area (Å²) in [6, 6.07) is 12.6. The Morgan fingerprint density at radius 3 is 2.55 bits per heavy atom. The summed E-state index contributed by atoms with van der Waals surface area (Å²) in [5.74, 6) is 0.181. The van der Waals surface area contributed by atoms with Crippen LogP contribution in [0.3, 0.4) is 0 Å². The second-order valence-corrected chi connectivity index (χ2v) is 4.86. The molecule has 0 amide bonds. The van der Waals surface area contributed by atoms with E-state index in [1.807, 2.05) is 37.4 Å². The Kier molecular flexibility index (Phi) is 2.99. The molecule has 0 aliphatic heterocycles. The molecule has 4 heteroatoms. The van der Waals surface area contributed by atoms with Crippen molar-refractivity contribution < 1.29 is 10.2 Å². The van der Waals surface area contributed by atoms with Crippen LogP contribution in [0, 0.1) is 0 Å². The van der Waals surface area contributed by atoms with Gasteiger partial charge < -0.3 is 20.5 Å². The number of benzene rings is 2. The zero-order valence-electron chi connectivity index (χ0n) is 11.1. The molecule has 2 aromatic carbocycles. The Morgan fingerprint density at radius 2 is 1.80 bits per heavy atom. The summed E-state index contributed by atoms with van der Waals surface area (Å²) in [6.45, 7) is 1.90. The monoisotopic (exact) mass is 268 g/mol. The van der Waals surface area contributed by atoms with Gasteiger partial charge in [-0.1, -0.05) is 6.07 Å². The first-order valence-electron chi connectivity index (χ1n) is 6.49. The molecule has 102 valence electrons. The van der Waals surface area contributed by atoms with E-state index in [0.717, 1.165) is 16.6 Å². The molecule has 3 aromatic rings. The van der Waals surface area contributed by atoms with Crippen molar-refractivity contribution in [2.75, 3.05) is 5.32 Å². The van der Waals surface area contributed by atoms with Crippen LogP contribution in [0.4, 0.5) is 5.69 Å². The quantitative estimate of drug-likeness (QED) is 0.584. The van der Waals surface area contributed by atoms with Gasteiger partial charge in [-0.25, -0.2) is 0 Å². The van der Waals surface area contributed by atoms with Gasteiger partial charge in [0.1, 0.15) is 11.5 Å². The molecule has 1 heterocycles. The van der Waals surface area contributed by atoms with Crippen LogP contribution in [0.15, 0.2) is 48.7 Å². The maximum atomic E-state index is 9.87. The van der Waals surface area contributed by atoms with Crippen LogP contribution in [0.2, 0.25) is 0 Å². The van der Waals surface area contributed by atoms with Gasteiger partial charge >= 0.3 is 0 Å². The van der Waals surface area contributed by atoms with Crippen molar-refractivity contribution in [2.45, 2.75) is 13.0 Å². The van der Waals surface area contributed by atoms with Gasteiger partial charge in [-0.05, 0) is 43.3 Å². The summed E-state index contributed by atoms with van der Waals surface area (Å²) in [4.78, 5) is 3.14. The number of rotatable bonds is 3. The lowest BCUT2D eigenvalue weighted by Gasteiger charge is -2.18. The zero-order valence-corrected chi connectivity index (χ0v) is 11.1. The normalized spacial score (nSPS) is 12.4. The summed E-state index contributed by atoms with van der Waals surface area (Å²) in [5, 5.41) is 24.1. The van der Waals surface area contributed by atoms with Crippen molar-refractivity contribution in [3.05, 3.63) is 54.2 Å². The number of H-pyrrole nitrogens is 1. The highest BCUT2D eigenvalue weighted by molar-refractivity contribution is 5.83. The van der Waals surface area contributed by atoms with Crippen LogP contribution >= 0.6 is 0 Å². The Morgan fingerprint density at radius 1 is 1.05 bits per heavy atom. The third-order valence-corrected chi connectivity index (χ3v) is 3.43. The molecular formula is C16H16N2O2. The fourth-order valence-electron chi connectivity index (χ4n) is 2.45. The maximum Gasteiger partial charge on any atom is 0.124 e. The fourth-order valence-corrected chi connectivity index (χ4v) is 2.45. The Bertz CT molecular complexity index is 729. The molecule has 3 rings (SSSR count). The van der Waals surface area contributed by atoms with Crippen LogP contribution in [-0.2, 0) is 0 Å². The summed E-state index contributed by atoms with van der Waals surface area (Å²) in [5.41, 5.74) is 2.52. The summed E-state index contributed by atoms with van der Waals surface area (Å²) >= 11 is 0. The Labute approximate surface area is 116 Å². The number of nitrogens with one attached hydrogen (secondary N) is 2. The number of anilines is 1. The molecule has 0 saturated heterocycles. The molecule has 1 atom stereocenters. The van der Waals surface area contributed by atoms with E-state index in [4.69, 9.17) is 0 Å². The van der Waals surface area contributed by atoms with E-state index >= 15 is 0 Å². The highest BCUT2D eigenvalue weighted by atomic mass is 16.3. The predicted octanol–water partition coefficient (Wildman–Crippen LogP) is 3.75. The van der Waals surface area contributed by atoms with E-state index in [2.05, 4.69) is 10.3 Å². The molecule has 1 aromatic heterocycles. The fraction of sp³-hybridized carbons (Fsp3) is 0.125. The number of phenols is 2.